The number of aliphatic hydroxyl groups excluding tert-OH is 2. The summed E-state index contributed by atoms with van der Waals surface area (Å²) in [5.41, 5.74) is 5.55. The van der Waals surface area contributed by atoms with E-state index >= 15 is 0 Å². The fourth-order valence-electron chi connectivity index (χ4n) is 9.14. The van der Waals surface area contributed by atoms with Crippen molar-refractivity contribution in [1.82, 2.24) is 0 Å². The van der Waals surface area contributed by atoms with Crippen molar-refractivity contribution in [2.45, 2.75) is 107 Å². The van der Waals surface area contributed by atoms with Crippen LogP contribution in [0.15, 0.2) is 212 Å². The van der Waals surface area contributed by atoms with Crippen molar-refractivity contribution in [2.24, 2.45) is 0 Å². The van der Waals surface area contributed by atoms with Crippen molar-refractivity contribution in [2.75, 3.05) is 6.61 Å². The van der Waals surface area contributed by atoms with Crippen LogP contribution in [0.5, 0.6) is 0 Å². The monoisotopic (exact) mass is 986 g/mol. The smallest absolute Gasteiger partial charge is 0.338 e. The van der Waals surface area contributed by atoms with Gasteiger partial charge in [0, 0.05) is 0 Å². The molecule has 1 aliphatic heterocycles. The highest BCUT2D eigenvalue weighted by Gasteiger charge is 2.57. The molecule has 0 spiro atoms. The average Bonchev–Trinajstić information content (AvgIpc) is 3.45. The molecule has 12 heteroatoms. The zero-order valence-corrected chi connectivity index (χ0v) is 40.5. The number of esters is 1. The maximum absolute atomic E-state index is 14.4. The van der Waals surface area contributed by atoms with Crippen LogP contribution in [0.1, 0.15) is 43.7 Å². The highest BCUT2D eigenvalue weighted by Crippen LogP contribution is 2.37. The van der Waals surface area contributed by atoms with E-state index in [1.807, 2.05) is 188 Å². The van der Waals surface area contributed by atoms with E-state index in [0.29, 0.717) is 0 Å². The molecule has 73 heavy (non-hydrogen) atoms. The Kier molecular flexibility index (Phi) is 18.7. The standard InChI is InChI=1S/C61H62O12/c62-51-52(63)55(58(70-41-48-32-18-6-19-33-48)57(69-40-47-30-16-5-17-31-47)54(51)67-38-45-26-12-3-13-27-45)73-61-59(72-60(64)49-34-20-7-21-35-49)56(68-39-46-28-14-4-15-29-46)53(66-37-44-24-10-2-11-25-44)50(71-61)42-65-36-43-22-8-1-9-23-43/h1-35,50-59,61-63H,36-42H2/t50-,51+,52-,53-,54+,55+,56+,57-,58-,59+,61+/m1/s1. The van der Waals surface area contributed by atoms with E-state index < -0.39 is 73.3 Å². The zero-order valence-electron chi connectivity index (χ0n) is 40.5. The number of ether oxygens (including phenoxy) is 9. The van der Waals surface area contributed by atoms with E-state index in [4.69, 9.17) is 42.6 Å². The Bertz CT molecular complexity index is 2650. The van der Waals surface area contributed by atoms with Gasteiger partial charge in [-0.15, -0.1) is 0 Å². The Morgan fingerprint density at radius 3 is 1.10 bits per heavy atom. The molecule has 2 aliphatic rings. The lowest BCUT2D eigenvalue weighted by molar-refractivity contribution is -0.354. The summed E-state index contributed by atoms with van der Waals surface area (Å²) in [7, 11) is 0. The van der Waals surface area contributed by atoms with Gasteiger partial charge in [0.25, 0.3) is 0 Å². The second-order valence-electron chi connectivity index (χ2n) is 18.2. The number of benzene rings is 7. The highest BCUT2D eigenvalue weighted by atomic mass is 16.7. The number of hydrogen-bond donors (Lipinski definition) is 2. The SMILES string of the molecule is O=C(O[C@@H]1[C@H](O[C@H]2[C@H](O)[C@H](O)[C@H](OCc3ccccc3)[C@@H](OCc3ccccc3)[C@@H]2OCc2ccccc2)O[C@H](COCc2ccccc2)[C@@H](OCc2ccccc2)[C@@H]1OCc1ccccc1)c1ccccc1. The quantitative estimate of drug-likeness (QED) is 0.0591. The first-order valence-corrected chi connectivity index (χ1v) is 24.8. The van der Waals surface area contributed by atoms with Crippen molar-refractivity contribution in [1.29, 1.82) is 0 Å². The van der Waals surface area contributed by atoms with Gasteiger partial charge >= 0.3 is 5.97 Å². The third-order valence-electron chi connectivity index (χ3n) is 12.9. The average molecular weight is 987 g/mol. The molecule has 12 nitrogen and oxygen atoms in total. The third-order valence-corrected chi connectivity index (χ3v) is 12.9. The lowest BCUT2D eigenvalue weighted by Gasteiger charge is -2.50. The summed E-state index contributed by atoms with van der Waals surface area (Å²) < 4.78 is 60.9. The summed E-state index contributed by atoms with van der Waals surface area (Å²) in [6.07, 6.45) is -13.5. The normalized spacial score (nSPS) is 24.9. The molecule has 1 heterocycles. The second-order valence-corrected chi connectivity index (χ2v) is 18.2. The number of rotatable bonds is 23. The van der Waals surface area contributed by atoms with E-state index in [-0.39, 0.29) is 51.8 Å². The fraction of sp³-hybridized carbons (Fsp3) is 0.295. The summed E-state index contributed by atoms with van der Waals surface area (Å²) in [5.74, 6) is -0.670. The van der Waals surface area contributed by atoms with Crippen molar-refractivity contribution >= 4 is 5.97 Å². The molecule has 2 fully saturated rings. The molecule has 2 N–H and O–H groups in total. The van der Waals surface area contributed by atoms with Gasteiger partial charge in [-0.1, -0.05) is 200 Å². The van der Waals surface area contributed by atoms with Crippen LogP contribution in [0.25, 0.3) is 0 Å². The molecule has 1 saturated heterocycles. The van der Waals surface area contributed by atoms with E-state index in [2.05, 4.69) is 0 Å². The van der Waals surface area contributed by atoms with Gasteiger partial charge in [0.1, 0.15) is 54.9 Å². The number of carbonyl (C=O) groups excluding carboxylic acids is 1. The summed E-state index contributed by atoms with van der Waals surface area (Å²) >= 11 is 0. The molecule has 0 radical (unpaired) electrons. The molecule has 9 rings (SSSR count). The molecule has 0 bridgehead atoms. The molecule has 0 aromatic heterocycles. The minimum atomic E-state index is -1.64. The molecular formula is C61H62O12. The predicted octanol–water partition coefficient (Wildman–Crippen LogP) is 9.20. The van der Waals surface area contributed by atoms with Gasteiger partial charge < -0.3 is 52.8 Å². The lowest BCUT2D eigenvalue weighted by Crippen LogP contribution is -2.69. The van der Waals surface area contributed by atoms with E-state index in [1.54, 1.807) is 24.3 Å². The first-order chi connectivity index (χ1) is 36.0. The number of aliphatic hydroxyl groups is 2. The molecular weight excluding hydrogens is 925 g/mol. The Morgan fingerprint density at radius 1 is 0.370 bits per heavy atom. The van der Waals surface area contributed by atoms with Crippen LogP contribution in [0.4, 0.5) is 0 Å². The molecule has 7 aromatic carbocycles. The van der Waals surface area contributed by atoms with Gasteiger partial charge in [0.2, 0.25) is 0 Å². The molecule has 0 amide bonds. The summed E-state index contributed by atoms with van der Waals surface area (Å²) in [5, 5.41) is 24.9. The second kappa shape index (κ2) is 26.5. The van der Waals surface area contributed by atoms with Crippen LogP contribution in [0.3, 0.4) is 0 Å². The molecule has 1 saturated carbocycles. The van der Waals surface area contributed by atoms with Gasteiger partial charge in [-0.3, -0.25) is 0 Å². The predicted molar refractivity (Wildman–Crippen MR) is 272 cm³/mol. The van der Waals surface area contributed by atoms with Crippen LogP contribution in [0, 0.1) is 0 Å². The van der Waals surface area contributed by atoms with Crippen LogP contribution in [-0.2, 0) is 82.3 Å². The van der Waals surface area contributed by atoms with Crippen molar-refractivity contribution in [3.05, 3.63) is 251 Å². The largest absolute Gasteiger partial charge is 0.450 e. The first kappa shape index (κ1) is 51.5. The van der Waals surface area contributed by atoms with Gasteiger partial charge in [0.15, 0.2) is 12.4 Å². The minimum absolute atomic E-state index is 0.000746. The zero-order chi connectivity index (χ0) is 50.0. The number of hydrogen-bond acceptors (Lipinski definition) is 12. The third kappa shape index (κ3) is 14.2. The van der Waals surface area contributed by atoms with E-state index in [9.17, 15) is 15.0 Å². The topological polar surface area (TPSA) is 141 Å². The highest BCUT2D eigenvalue weighted by molar-refractivity contribution is 5.89. The van der Waals surface area contributed by atoms with Gasteiger partial charge in [0.05, 0.1) is 51.8 Å². The van der Waals surface area contributed by atoms with Crippen molar-refractivity contribution < 1.29 is 57.6 Å². The number of carbonyl (C=O) groups is 1. The van der Waals surface area contributed by atoms with Gasteiger partial charge in [-0.2, -0.15) is 0 Å². The Balaban J connectivity index is 1.11. The fourth-order valence-corrected chi connectivity index (χ4v) is 9.14. The van der Waals surface area contributed by atoms with E-state index in [1.165, 1.54) is 0 Å². The Hall–Kier alpha value is -6.39. The minimum Gasteiger partial charge on any atom is -0.450 e. The maximum Gasteiger partial charge on any atom is 0.338 e. The molecule has 378 valence electrons. The first-order valence-electron chi connectivity index (χ1n) is 24.8. The lowest BCUT2D eigenvalue weighted by atomic mass is 9.83. The summed E-state index contributed by atoms with van der Waals surface area (Å²) in [4.78, 5) is 14.4. The molecule has 1 aliphatic carbocycles. The van der Waals surface area contributed by atoms with Crippen molar-refractivity contribution in [3.63, 3.8) is 0 Å². The summed E-state index contributed by atoms with van der Waals surface area (Å²) in [6, 6.07) is 66.6. The molecule has 0 unspecified atom stereocenters. The van der Waals surface area contributed by atoms with E-state index in [0.717, 1.165) is 33.4 Å². The molecule has 7 aromatic rings. The van der Waals surface area contributed by atoms with Crippen LogP contribution >= 0.6 is 0 Å². The van der Waals surface area contributed by atoms with Gasteiger partial charge in [-0.05, 0) is 45.5 Å². The van der Waals surface area contributed by atoms with Crippen LogP contribution in [0.2, 0.25) is 0 Å². The Labute approximate surface area is 426 Å². The Morgan fingerprint density at radius 2 is 0.685 bits per heavy atom. The van der Waals surface area contributed by atoms with Gasteiger partial charge in [-0.25, -0.2) is 4.79 Å². The van der Waals surface area contributed by atoms with Crippen LogP contribution in [-0.4, -0.2) is 90.1 Å². The molecule has 11 atom stereocenters. The summed E-state index contributed by atoms with van der Waals surface area (Å²) in [6.45, 7) is 0.824. The maximum atomic E-state index is 14.4. The van der Waals surface area contributed by atoms with Crippen molar-refractivity contribution in [3.8, 4) is 0 Å². The van der Waals surface area contributed by atoms with Crippen LogP contribution < -0.4 is 0 Å².